The third-order valence-electron chi connectivity index (χ3n) is 2.09. The molecule has 0 N–H and O–H groups in total. The molecule has 15 heavy (non-hydrogen) atoms. The molecule has 0 atom stereocenters. The van der Waals surface area contributed by atoms with Gasteiger partial charge in [-0.25, -0.2) is 4.39 Å². The molecule has 0 spiro atoms. The second kappa shape index (κ2) is 5.11. The molecule has 0 aliphatic carbocycles. The third kappa shape index (κ3) is 3.39. The summed E-state index contributed by atoms with van der Waals surface area (Å²) >= 11 is 0. The fourth-order valence-corrected chi connectivity index (χ4v) is 1.13. The summed E-state index contributed by atoms with van der Waals surface area (Å²) < 4.78 is 12.6. The van der Waals surface area contributed by atoms with Crippen LogP contribution in [-0.4, -0.2) is 24.4 Å². The molecule has 3 nitrogen and oxygen atoms in total. The van der Waals surface area contributed by atoms with Crippen molar-refractivity contribution in [2.75, 3.05) is 13.6 Å². The van der Waals surface area contributed by atoms with Gasteiger partial charge in [0.25, 0.3) is 0 Å². The molecule has 0 heterocycles. The molecular formula is C11H11FN2O. The highest BCUT2D eigenvalue weighted by Gasteiger charge is 2.06. The summed E-state index contributed by atoms with van der Waals surface area (Å²) in [6.45, 7) is 0.456. The molecule has 0 saturated heterocycles. The number of hydrogen-bond acceptors (Lipinski definition) is 2. The topological polar surface area (TPSA) is 44.1 Å². The Balaban J connectivity index is 2.48. The van der Waals surface area contributed by atoms with E-state index in [1.807, 2.05) is 0 Å². The molecule has 78 valence electrons. The number of halogens is 1. The zero-order valence-corrected chi connectivity index (χ0v) is 8.40. The highest BCUT2D eigenvalue weighted by molar-refractivity contribution is 5.90. The van der Waals surface area contributed by atoms with Gasteiger partial charge in [-0.15, -0.1) is 0 Å². The Morgan fingerprint density at radius 1 is 1.47 bits per heavy atom. The van der Waals surface area contributed by atoms with Crippen molar-refractivity contribution in [3.05, 3.63) is 35.6 Å². The molecule has 0 unspecified atom stereocenters. The molecule has 1 amide bonds. The van der Waals surface area contributed by atoms with Crippen LogP contribution in [0.3, 0.4) is 0 Å². The van der Waals surface area contributed by atoms with Crippen LogP contribution >= 0.6 is 0 Å². The molecule has 0 aromatic heterocycles. The maximum atomic E-state index is 12.6. The Bertz CT molecular complexity index is 381. The molecule has 0 saturated carbocycles. The quantitative estimate of drug-likeness (QED) is 0.701. The van der Waals surface area contributed by atoms with Crippen molar-refractivity contribution in [1.82, 2.24) is 4.90 Å². The maximum Gasteiger partial charge on any atom is 0.324 e. The van der Waals surface area contributed by atoms with Crippen molar-refractivity contribution in [1.29, 1.82) is 5.26 Å². The highest BCUT2D eigenvalue weighted by Crippen LogP contribution is 2.04. The van der Waals surface area contributed by atoms with Crippen LogP contribution in [0.25, 0.3) is 0 Å². The summed E-state index contributed by atoms with van der Waals surface area (Å²) in [6.07, 6.45) is 0.615. The third-order valence-corrected chi connectivity index (χ3v) is 2.09. The average Bonchev–Trinajstić information content (AvgIpc) is 2.26. The number of nitriles is 1. The van der Waals surface area contributed by atoms with Crippen molar-refractivity contribution in [2.24, 2.45) is 0 Å². The van der Waals surface area contributed by atoms with Crippen LogP contribution in [0.2, 0.25) is 0 Å². The summed E-state index contributed by atoms with van der Waals surface area (Å²) in [5.41, 5.74) is 0.939. The summed E-state index contributed by atoms with van der Waals surface area (Å²) in [7, 11) is 1.56. The van der Waals surface area contributed by atoms with Crippen LogP contribution in [0.4, 0.5) is 4.39 Å². The summed E-state index contributed by atoms with van der Waals surface area (Å²) in [5.74, 6) is -0.836. The molecule has 4 heteroatoms. The van der Waals surface area contributed by atoms with Crippen LogP contribution in [0, 0.1) is 17.1 Å². The summed E-state index contributed by atoms with van der Waals surface area (Å²) in [5, 5.41) is 8.35. The molecule has 0 bridgehead atoms. The van der Waals surface area contributed by atoms with Gasteiger partial charge in [0.1, 0.15) is 5.82 Å². The first kappa shape index (κ1) is 11.2. The Hall–Kier alpha value is -1.89. The van der Waals surface area contributed by atoms with Gasteiger partial charge in [-0.3, -0.25) is 4.79 Å². The maximum absolute atomic E-state index is 12.6. The lowest BCUT2D eigenvalue weighted by Gasteiger charge is -2.12. The summed E-state index contributed by atoms with van der Waals surface area (Å²) in [4.78, 5) is 12.2. The molecule has 0 radical (unpaired) electrons. The number of amides is 1. The second-order valence-electron chi connectivity index (χ2n) is 3.21. The van der Waals surface area contributed by atoms with Gasteiger partial charge in [0.05, 0.1) is 0 Å². The predicted molar refractivity (Wildman–Crippen MR) is 53.4 cm³/mol. The number of rotatable bonds is 3. The Morgan fingerprint density at radius 3 is 2.60 bits per heavy atom. The molecule has 1 aromatic rings. The smallest absolute Gasteiger partial charge is 0.324 e. The molecule has 0 aliphatic heterocycles. The van der Waals surface area contributed by atoms with Gasteiger partial charge in [-0.2, -0.15) is 5.26 Å². The van der Waals surface area contributed by atoms with E-state index in [2.05, 4.69) is 0 Å². The van der Waals surface area contributed by atoms with Gasteiger partial charge >= 0.3 is 5.91 Å². The minimum Gasteiger partial charge on any atom is -0.333 e. The van der Waals surface area contributed by atoms with Gasteiger partial charge < -0.3 is 4.90 Å². The van der Waals surface area contributed by atoms with Gasteiger partial charge in [-0.05, 0) is 24.1 Å². The van der Waals surface area contributed by atoms with E-state index in [1.54, 1.807) is 19.2 Å². The fraction of sp³-hybridized carbons (Fsp3) is 0.273. The van der Waals surface area contributed by atoms with Crippen LogP contribution in [0.5, 0.6) is 0 Å². The first-order valence-electron chi connectivity index (χ1n) is 4.53. The lowest BCUT2D eigenvalue weighted by Crippen LogP contribution is -2.27. The molecular weight excluding hydrogens is 195 g/mol. The average molecular weight is 206 g/mol. The van der Waals surface area contributed by atoms with Crippen LogP contribution < -0.4 is 0 Å². The van der Waals surface area contributed by atoms with E-state index in [9.17, 15) is 9.18 Å². The van der Waals surface area contributed by atoms with E-state index in [1.165, 1.54) is 23.1 Å². The molecule has 1 rings (SSSR count). The first-order chi connectivity index (χ1) is 7.13. The first-order valence-corrected chi connectivity index (χ1v) is 4.53. The standard InChI is InChI=1S/C11H11FN2O/c1-14(11(15)8-13)7-6-9-2-4-10(12)5-3-9/h2-5H,6-7H2,1H3. The molecule has 0 fully saturated rings. The zero-order chi connectivity index (χ0) is 11.3. The van der Waals surface area contributed by atoms with E-state index in [0.29, 0.717) is 13.0 Å². The zero-order valence-electron chi connectivity index (χ0n) is 8.40. The molecule has 1 aromatic carbocycles. The number of nitrogens with zero attached hydrogens (tertiary/aromatic N) is 2. The SMILES string of the molecule is CN(CCc1ccc(F)cc1)C(=O)C#N. The highest BCUT2D eigenvalue weighted by atomic mass is 19.1. The largest absolute Gasteiger partial charge is 0.333 e. The van der Waals surface area contributed by atoms with Crippen LogP contribution in [0.15, 0.2) is 24.3 Å². The van der Waals surface area contributed by atoms with Crippen LogP contribution in [0.1, 0.15) is 5.56 Å². The minimum atomic E-state index is -0.558. The van der Waals surface area contributed by atoms with Crippen molar-refractivity contribution in [2.45, 2.75) is 6.42 Å². The Kier molecular flexibility index (Phi) is 3.81. The summed E-state index contributed by atoms with van der Waals surface area (Å²) in [6, 6.07) is 7.62. The number of likely N-dealkylation sites (N-methyl/N-ethyl adjacent to an activating group) is 1. The van der Waals surface area contributed by atoms with Gasteiger partial charge in [0, 0.05) is 13.6 Å². The van der Waals surface area contributed by atoms with Gasteiger partial charge in [-0.1, -0.05) is 12.1 Å². The number of carbonyl (C=O) groups is 1. The second-order valence-corrected chi connectivity index (χ2v) is 3.21. The van der Waals surface area contributed by atoms with E-state index < -0.39 is 5.91 Å². The van der Waals surface area contributed by atoms with Crippen molar-refractivity contribution in [3.63, 3.8) is 0 Å². The number of benzene rings is 1. The van der Waals surface area contributed by atoms with Gasteiger partial charge in [0.15, 0.2) is 6.07 Å². The monoisotopic (exact) mass is 206 g/mol. The Morgan fingerprint density at radius 2 is 2.07 bits per heavy atom. The number of hydrogen-bond donors (Lipinski definition) is 0. The van der Waals surface area contributed by atoms with E-state index in [-0.39, 0.29) is 5.82 Å². The lowest BCUT2D eigenvalue weighted by atomic mass is 10.1. The number of carbonyl (C=O) groups excluding carboxylic acids is 1. The van der Waals surface area contributed by atoms with Gasteiger partial charge in [0.2, 0.25) is 0 Å². The lowest BCUT2D eigenvalue weighted by molar-refractivity contribution is -0.124. The van der Waals surface area contributed by atoms with Crippen LogP contribution in [-0.2, 0) is 11.2 Å². The van der Waals surface area contributed by atoms with Crippen molar-refractivity contribution < 1.29 is 9.18 Å². The fourth-order valence-electron chi connectivity index (χ4n) is 1.13. The van der Waals surface area contributed by atoms with E-state index >= 15 is 0 Å². The van der Waals surface area contributed by atoms with Crippen molar-refractivity contribution >= 4 is 5.91 Å². The molecule has 0 aliphatic rings. The normalized spacial score (nSPS) is 9.40. The minimum absolute atomic E-state index is 0.278. The predicted octanol–water partition coefficient (Wildman–Crippen LogP) is 1.35. The van der Waals surface area contributed by atoms with E-state index in [0.717, 1.165) is 5.56 Å². The Labute approximate surface area is 87.7 Å². The van der Waals surface area contributed by atoms with E-state index in [4.69, 9.17) is 5.26 Å². The van der Waals surface area contributed by atoms with Crippen molar-refractivity contribution in [3.8, 4) is 6.07 Å².